The normalized spacial score (nSPS) is 19.4. The van der Waals surface area contributed by atoms with Crippen LogP contribution in [0.15, 0.2) is 18.2 Å². The van der Waals surface area contributed by atoms with Gasteiger partial charge in [-0.05, 0) is 49.9 Å². The van der Waals surface area contributed by atoms with Gasteiger partial charge in [0.2, 0.25) is 5.91 Å². The smallest absolute Gasteiger partial charge is 0.387 e. The molecule has 0 aromatic heterocycles. The van der Waals surface area contributed by atoms with Gasteiger partial charge in [0, 0.05) is 12.5 Å². The molecule has 1 saturated heterocycles. The van der Waals surface area contributed by atoms with E-state index in [1.807, 2.05) is 6.92 Å². The average Bonchev–Trinajstić information content (AvgIpc) is 2.50. The second-order valence-electron chi connectivity index (χ2n) is 5.86. The van der Waals surface area contributed by atoms with E-state index in [1.54, 1.807) is 0 Å². The zero-order valence-electron chi connectivity index (χ0n) is 13.0. The summed E-state index contributed by atoms with van der Waals surface area (Å²) in [7, 11) is 0. The number of carbonyl (C=O) groups excluding carboxylic acids is 1. The van der Waals surface area contributed by atoms with E-state index in [9.17, 15) is 18.0 Å². The number of anilines is 1. The van der Waals surface area contributed by atoms with Gasteiger partial charge in [-0.2, -0.15) is 8.78 Å². The SMILES string of the molecule is CC(CC(=O)Nc1ccc(F)cc1OC(F)F)C1CCCNC1. The van der Waals surface area contributed by atoms with E-state index in [-0.39, 0.29) is 29.7 Å². The van der Waals surface area contributed by atoms with Crippen LogP contribution in [0.2, 0.25) is 0 Å². The first kappa shape index (κ1) is 17.6. The average molecular weight is 330 g/mol. The molecule has 1 aliphatic rings. The van der Waals surface area contributed by atoms with E-state index in [0.717, 1.165) is 38.1 Å². The van der Waals surface area contributed by atoms with E-state index in [1.165, 1.54) is 6.07 Å². The summed E-state index contributed by atoms with van der Waals surface area (Å²) < 4.78 is 42.1. The number of rotatable bonds is 6. The maximum absolute atomic E-state index is 13.1. The maximum Gasteiger partial charge on any atom is 0.387 e. The highest BCUT2D eigenvalue weighted by atomic mass is 19.3. The first-order chi connectivity index (χ1) is 11.0. The number of alkyl halides is 2. The van der Waals surface area contributed by atoms with Crippen LogP contribution in [0.5, 0.6) is 5.75 Å². The highest BCUT2D eigenvalue weighted by Crippen LogP contribution is 2.28. The zero-order chi connectivity index (χ0) is 16.8. The van der Waals surface area contributed by atoms with Gasteiger partial charge in [0.05, 0.1) is 5.69 Å². The molecule has 0 saturated carbocycles. The summed E-state index contributed by atoms with van der Waals surface area (Å²) >= 11 is 0. The number of piperidine rings is 1. The van der Waals surface area contributed by atoms with Crippen molar-refractivity contribution >= 4 is 11.6 Å². The van der Waals surface area contributed by atoms with Crippen LogP contribution >= 0.6 is 0 Å². The van der Waals surface area contributed by atoms with Crippen molar-refractivity contribution in [3.63, 3.8) is 0 Å². The van der Waals surface area contributed by atoms with Gasteiger partial charge >= 0.3 is 6.61 Å². The Morgan fingerprint density at radius 2 is 2.26 bits per heavy atom. The summed E-state index contributed by atoms with van der Waals surface area (Å²) in [5.41, 5.74) is 0.0469. The number of hydrogen-bond acceptors (Lipinski definition) is 3. The van der Waals surface area contributed by atoms with Gasteiger partial charge in [-0.15, -0.1) is 0 Å². The molecular weight excluding hydrogens is 309 g/mol. The van der Waals surface area contributed by atoms with Crippen molar-refractivity contribution < 1.29 is 22.7 Å². The first-order valence-corrected chi connectivity index (χ1v) is 7.70. The molecule has 4 nitrogen and oxygen atoms in total. The predicted molar refractivity (Wildman–Crippen MR) is 81.0 cm³/mol. The lowest BCUT2D eigenvalue weighted by Gasteiger charge is -2.28. The van der Waals surface area contributed by atoms with Gasteiger partial charge in [-0.3, -0.25) is 4.79 Å². The summed E-state index contributed by atoms with van der Waals surface area (Å²) in [6.45, 7) is 0.794. The van der Waals surface area contributed by atoms with E-state index < -0.39 is 12.4 Å². The zero-order valence-corrected chi connectivity index (χ0v) is 13.0. The lowest BCUT2D eigenvalue weighted by atomic mass is 9.85. The molecule has 2 rings (SSSR count). The van der Waals surface area contributed by atoms with E-state index in [0.29, 0.717) is 5.92 Å². The van der Waals surface area contributed by atoms with Crippen LogP contribution in [0, 0.1) is 17.7 Å². The summed E-state index contributed by atoms with van der Waals surface area (Å²) in [5.74, 6) is -0.795. The molecule has 0 spiro atoms. The minimum atomic E-state index is -3.08. The molecule has 0 aliphatic carbocycles. The summed E-state index contributed by atoms with van der Waals surface area (Å²) in [6, 6.07) is 3.14. The molecule has 1 aromatic carbocycles. The minimum Gasteiger partial charge on any atom is -0.432 e. The predicted octanol–water partition coefficient (Wildman–Crippen LogP) is 3.39. The fourth-order valence-corrected chi connectivity index (χ4v) is 2.82. The van der Waals surface area contributed by atoms with Crippen LogP contribution in [0.4, 0.5) is 18.9 Å². The number of amides is 1. The Labute approximate surface area is 133 Å². The van der Waals surface area contributed by atoms with Gasteiger partial charge in [0.25, 0.3) is 0 Å². The van der Waals surface area contributed by atoms with Gasteiger partial charge < -0.3 is 15.4 Å². The molecule has 1 heterocycles. The molecule has 128 valence electrons. The monoisotopic (exact) mass is 330 g/mol. The highest BCUT2D eigenvalue weighted by molar-refractivity contribution is 5.92. The van der Waals surface area contributed by atoms with Crippen molar-refractivity contribution in [2.75, 3.05) is 18.4 Å². The minimum absolute atomic E-state index is 0.0469. The maximum atomic E-state index is 13.1. The molecule has 2 N–H and O–H groups in total. The first-order valence-electron chi connectivity index (χ1n) is 7.70. The van der Waals surface area contributed by atoms with Crippen molar-refractivity contribution in [2.45, 2.75) is 32.8 Å². The number of nitrogens with one attached hydrogen (secondary N) is 2. The third kappa shape index (κ3) is 5.42. The molecule has 2 unspecified atom stereocenters. The van der Waals surface area contributed by atoms with E-state index >= 15 is 0 Å². The number of hydrogen-bond donors (Lipinski definition) is 2. The molecule has 7 heteroatoms. The topological polar surface area (TPSA) is 50.4 Å². The van der Waals surface area contributed by atoms with Crippen molar-refractivity contribution in [1.82, 2.24) is 5.32 Å². The Morgan fingerprint density at radius 3 is 2.91 bits per heavy atom. The highest BCUT2D eigenvalue weighted by Gasteiger charge is 2.22. The molecular formula is C16H21F3N2O2. The van der Waals surface area contributed by atoms with E-state index in [2.05, 4.69) is 15.4 Å². The van der Waals surface area contributed by atoms with Crippen LogP contribution in [-0.4, -0.2) is 25.6 Å². The Balaban J connectivity index is 1.96. The number of carbonyl (C=O) groups is 1. The second-order valence-corrected chi connectivity index (χ2v) is 5.86. The van der Waals surface area contributed by atoms with Gasteiger partial charge in [0.15, 0.2) is 5.75 Å². The van der Waals surface area contributed by atoms with Gasteiger partial charge in [-0.25, -0.2) is 4.39 Å². The van der Waals surface area contributed by atoms with E-state index in [4.69, 9.17) is 0 Å². The molecule has 23 heavy (non-hydrogen) atoms. The summed E-state index contributed by atoms with van der Waals surface area (Å²) in [4.78, 5) is 12.1. The summed E-state index contributed by atoms with van der Waals surface area (Å²) in [5, 5.41) is 5.83. The Kier molecular flexibility index (Phi) is 6.27. The molecule has 0 radical (unpaired) electrons. The second kappa shape index (κ2) is 8.19. The van der Waals surface area contributed by atoms with Crippen LogP contribution in [0.25, 0.3) is 0 Å². The molecule has 1 amide bonds. The Hall–Kier alpha value is -1.76. The van der Waals surface area contributed by atoms with Gasteiger partial charge in [-0.1, -0.05) is 6.92 Å². The van der Waals surface area contributed by atoms with Crippen LogP contribution in [0.3, 0.4) is 0 Å². The molecule has 2 atom stereocenters. The standard InChI is InChI=1S/C16H21F3N2O2/c1-10(11-3-2-6-20-9-11)7-15(22)21-13-5-4-12(17)8-14(13)23-16(18)19/h4-5,8,10-11,16,20H,2-3,6-7,9H2,1H3,(H,21,22). The molecule has 1 fully saturated rings. The van der Waals surface area contributed by atoms with Crippen LogP contribution in [-0.2, 0) is 4.79 Å². The largest absolute Gasteiger partial charge is 0.432 e. The van der Waals surface area contributed by atoms with Crippen molar-refractivity contribution in [2.24, 2.45) is 11.8 Å². The van der Waals surface area contributed by atoms with Crippen molar-refractivity contribution in [3.8, 4) is 5.75 Å². The fraction of sp³-hybridized carbons (Fsp3) is 0.562. The molecule has 1 aliphatic heterocycles. The number of benzene rings is 1. The lowest BCUT2D eigenvalue weighted by molar-refractivity contribution is -0.117. The van der Waals surface area contributed by atoms with Crippen LogP contribution < -0.4 is 15.4 Å². The third-order valence-corrected chi connectivity index (χ3v) is 4.08. The van der Waals surface area contributed by atoms with Crippen molar-refractivity contribution in [1.29, 1.82) is 0 Å². The number of ether oxygens (including phenoxy) is 1. The van der Waals surface area contributed by atoms with Crippen LogP contribution in [0.1, 0.15) is 26.2 Å². The number of halogens is 3. The quantitative estimate of drug-likeness (QED) is 0.840. The molecule has 0 bridgehead atoms. The van der Waals surface area contributed by atoms with Crippen molar-refractivity contribution in [3.05, 3.63) is 24.0 Å². The molecule has 1 aromatic rings. The summed E-state index contributed by atoms with van der Waals surface area (Å²) in [6.07, 6.45) is 2.43. The fourth-order valence-electron chi connectivity index (χ4n) is 2.82. The Morgan fingerprint density at radius 1 is 1.48 bits per heavy atom. The van der Waals surface area contributed by atoms with Gasteiger partial charge in [0.1, 0.15) is 5.82 Å². The Bertz CT molecular complexity index is 534. The third-order valence-electron chi connectivity index (χ3n) is 4.08. The lowest BCUT2D eigenvalue weighted by Crippen LogP contribution is -2.34.